The van der Waals surface area contributed by atoms with E-state index in [1.54, 1.807) is 0 Å². The number of cyclic esters (lactones) is 1. The van der Waals surface area contributed by atoms with Gasteiger partial charge in [0.15, 0.2) is 0 Å². The van der Waals surface area contributed by atoms with Crippen molar-refractivity contribution in [2.75, 3.05) is 6.61 Å². The molecule has 0 atom stereocenters. The normalized spacial score (nSPS) is 15.6. The van der Waals surface area contributed by atoms with Gasteiger partial charge in [-0.25, -0.2) is 4.79 Å². The van der Waals surface area contributed by atoms with E-state index in [9.17, 15) is 9.90 Å². The molecule has 0 fully saturated rings. The van der Waals surface area contributed by atoms with E-state index in [0.29, 0.717) is 11.5 Å². The molecule has 0 spiro atoms. The number of ether oxygens (including phenoxy) is 1. The standard InChI is InChI=1S/C14H16O3/c1-9(2)7-10-3-5-11(6-4-10)13-12(15)8-17-14(13)16/h3-6,9,15H,7-8H2,1-2H3. The molecule has 0 amide bonds. The number of benzene rings is 1. The molecular weight excluding hydrogens is 216 g/mol. The van der Waals surface area contributed by atoms with Crippen LogP contribution in [0.25, 0.3) is 5.57 Å². The second-order valence-corrected chi connectivity index (χ2v) is 4.69. The van der Waals surface area contributed by atoms with Crippen LogP contribution in [0.1, 0.15) is 25.0 Å². The van der Waals surface area contributed by atoms with Gasteiger partial charge in [-0.2, -0.15) is 0 Å². The van der Waals surface area contributed by atoms with E-state index in [4.69, 9.17) is 4.74 Å². The number of aliphatic hydroxyl groups is 1. The summed E-state index contributed by atoms with van der Waals surface area (Å²) in [6, 6.07) is 7.69. The summed E-state index contributed by atoms with van der Waals surface area (Å²) in [4.78, 5) is 11.4. The van der Waals surface area contributed by atoms with E-state index in [1.165, 1.54) is 5.56 Å². The number of aliphatic hydroxyl groups excluding tert-OH is 1. The van der Waals surface area contributed by atoms with Gasteiger partial charge in [0.2, 0.25) is 0 Å². The Kier molecular flexibility index (Phi) is 3.18. The predicted octanol–water partition coefficient (Wildman–Crippen LogP) is 2.71. The van der Waals surface area contributed by atoms with Crippen LogP contribution >= 0.6 is 0 Å². The molecular formula is C14H16O3. The molecule has 0 saturated heterocycles. The molecule has 90 valence electrons. The van der Waals surface area contributed by atoms with Crippen LogP contribution in [0.15, 0.2) is 30.0 Å². The van der Waals surface area contributed by atoms with Crippen molar-refractivity contribution in [3.63, 3.8) is 0 Å². The van der Waals surface area contributed by atoms with Crippen molar-refractivity contribution >= 4 is 11.5 Å². The predicted molar refractivity (Wildman–Crippen MR) is 65.5 cm³/mol. The van der Waals surface area contributed by atoms with Gasteiger partial charge in [-0.15, -0.1) is 0 Å². The molecule has 3 nitrogen and oxygen atoms in total. The van der Waals surface area contributed by atoms with Crippen molar-refractivity contribution in [3.8, 4) is 0 Å². The number of esters is 1. The molecule has 2 rings (SSSR count). The highest BCUT2D eigenvalue weighted by Gasteiger charge is 2.25. The summed E-state index contributed by atoms with van der Waals surface area (Å²) in [5.74, 6) is 0.177. The maximum atomic E-state index is 11.4. The van der Waals surface area contributed by atoms with E-state index < -0.39 is 5.97 Å². The van der Waals surface area contributed by atoms with Crippen LogP contribution in [0, 0.1) is 5.92 Å². The highest BCUT2D eigenvalue weighted by Crippen LogP contribution is 2.25. The van der Waals surface area contributed by atoms with Gasteiger partial charge in [0.05, 0.1) is 0 Å². The number of carbonyl (C=O) groups excluding carboxylic acids is 1. The summed E-state index contributed by atoms with van der Waals surface area (Å²) in [5.41, 5.74) is 2.24. The Bertz CT molecular complexity index is 455. The van der Waals surface area contributed by atoms with Gasteiger partial charge in [0, 0.05) is 0 Å². The third-order valence-corrected chi connectivity index (χ3v) is 2.72. The molecule has 1 N–H and O–H groups in total. The summed E-state index contributed by atoms with van der Waals surface area (Å²) < 4.78 is 4.76. The van der Waals surface area contributed by atoms with Crippen LogP contribution in [0.3, 0.4) is 0 Å². The first-order valence-corrected chi connectivity index (χ1v) is 5.76. The van der Waals surface area contributed by atoms with E-state index in [0.717, 1.165) is 12.0 Å². The molecule has 1 aromatic carbocycles. The second kappa shape index (κ2) is 4.62. The topological polar surface area (TPSA) is 46.5 Å². The van der Waals surface area contributed by atoms with Gasteiger partial charge in [-0.3, -0.25) is 0 Å². The van der Waals surface area contributed by atoms with Crippen LogP contribution < -0.4 is 0 Å². The van der Waals surface area contributed by atoms with Crippen LogP contribution in [0.5, 0.6) is 0 Å². The Morgan fingerprint density at radius 1 is 1.29 bits per heavy atom. The third kappa shape index (κ3) is 2.49. The Hall–Kier alpha value is -1.77. The maximum absolute atomic E-state index is 11.4. The molecule has 0 bridgehead atoms. The fraction of sp³-hybridized carbons (Fsp3) is 0.357. The molecule has 3 heteroatoms. The quantitative estimate of drug-likeness (QED) is 0.815. The average Bonchev–Trinajstić information content (AvgIpc) is 2.59. The van der Waals surface area contributed by atoms with Crippen molar-refractivity contribution in [3.05, 3.63) is 41.2 Å². The fourth-order valence-electron chi connectivity index (χ4n) is 1.96. The summed E-state index contributed by atoms with van der Waals surface area (Å²) in [6.07, 6.45) is 1.01. The van der Waals surface area contributed by atoms with E-state index in [1.807, 2.05) is 24.3 Å². The van der Waals surface area contributed by atoms with Gasteiger partial charge in [-0.1, -0.05) is 38.1 Å². The molecule has 1 aliphatic rings. The molecule has 0 aliphatic carbocycles. The smallest absolute Gasteiger partial charge is 0.342 e. The van der Waals surface area contributed by atoms with Crippen molar-refractivity contribution in [2.24, 2.45) is 5.92 Å². The van der Waals surface area contributed by atoms with Gasteiger partial charge in [0.1, 0.15) is 17.9 Å². The first-order chi connectivity index (χ1) is 8.08. The molecule has 1 aliphatic heterocycles. The minimum atomic E-state index is -0.445. The highest BCUT2D eigenvalue weighted by molar-refractivity contribution is 6.18. The van der Waals surface area contributed by atoms with Crippen LogP contribution in [0.2, 0.25) is 0 Å². The van der Waals surface area contributed by atoms with Crippen molar-refractivity contribution in [2.45, 2.75) is 20.3 Å². The minimum Gasteiger partial charge on any atom is -0.508 e. The summed E-state index contributed by atoms with van der Waals surface area (Å²) >= 11 is 0. The second-order valence-electron chi connectivity index (χ2n) is 4.69. The van der Waals surface area contributed by atoms with E-state index in [-0.39, 0.29) is 12.4 Å². The number of rotatable bonds is 3. The third-order valence-electron chi connectivity index (χ3n) is 2.72. The first-order valence-electron chi connectivity index (χ1n) is 5.76. The monoisotopic (exact) mass is 232 g/mol. The molecule has 1 aromatic rings. The van der Waals surface area contributed by atoms with Crippen LogP contribution in [0.4, 0.5) is 0 Å². The first kappa shape index (κ1) is 11.7. The molecule has 0 unspecified atom stereocenters. The fourth-order valence-corrected chi connectivity index (χ4v) is 1.96. The molecule has 1 heterocycles. The van der Waals surface area contributed by atoms with E-state index >= 15 is 0 Å². The van der Waals surface area contributed by atoms with Crippen molar-refractivity contribution in [1.82, 2.24) is 0 Å². The van der Waals surface area contributed by atoms with Gasteiger partial charge in [0.25, 0.3) is 0 Å². The Labute approximate surface area is 101 Å². The SMILES string of the molecule is CC(C)Cc1ccc(C2=C(O)COC2=O)cc1. The minimum absolute atomic E-state index is 0.0120. The summed E-state index contributed by atoms with van der Waals surface area (Å²) in [6.45, 7) is 4.31. The molecule has 0 saturated carbocycles. The van der Waals surface area contributed by atoms with Gasteiger partial charge < -0.3 is 9.84 Å². The maximum Gasteiger partial charge on any atom is 0.342 e. The van der Waals surface area contributed by atoms with Gasteiger partial charge in [-0.05, 0) is 23.5 Å². The lowest BCUT2D eigenvalue weighted by molar-refractivity contribution is -0.134. The average molecular weight is 232 g/mol. The Morgan fingerprint density at radius 2 is 1.94 bits per heavy atom. The zero-order chi connectivity index (χ0) is 12.4. The number of hydrogen-bond acceptors (Lipinski definition) is 3. The van der Waals surface area contributed by atoms with Crippen LogP contribution in [-0.4, -0.2) is 17.7 Å². The van der Waals surface area contributed by atoms with Crippen molar-refractivity contribution < 1.29 is 14.6 Å². The largest absolute Gasteiger partial charge is 0.508 e. The summed E-state index contributed by atoms with van der Waals surface area (Å²) in [5, 5.41) is 9.56. The van der Waals surface area contributed by atoms with Gasteiger partial charge >= 0.3 is 5.97 Å². The Morgan fingerprint density at radius 3 is 2.41 bits per heavy atom. The lowest BCUT2D eigenvalue weighted by Crippen LogP contribution is -1.99. The van der Waals surface area contributed by atoms with Crippen LogP contribution in [-0.2, 0) is 16.0 Å². The lowest BCUT2D eigenvalue weighted by atomic mass is 9.99. The zero-order valence-electron chi connectivity index (χ0n) is 10.1. The molecule has 0 radical (unpaired) electrons. The zero-order valence-corrected chi connectivity index (χ0v) is 10.1. The molecule has 0 aromatic heterocycles. The van der Waals surface area contributed by atoms with E-state index in [2.05, 4.69) is 13.8 Å². The van der Waals surface area contributed by atoms with Crippen molar-refractivity contribution in [1.29, 1.82) is 0 Å². The lowest BCUT2D eigenvalue weighted by Gasteiger charge is -2.06. The Balaban J connectivity index is 2.24. The molecule has 17 heavy (non-hydrogen) atoms. The summed E-state index contributed by atoms with van der Waals surface area (Å²) in [7, 11) is 0. The number of hydrogen-bond donors (Lipinski definition) is 1. The highest BCUT2D eigenvalue weighted by atomic mass is 16.5. The number of carbonyl (C=O) groups is 1.